The SMILES string of the molecule is CCc1ccc(Cc2c(OC3OC(COC(=O)OC)C(O)C(O)C3O)nn(C(CF)CF)c2C(F)(F)F)cc1.CCc1ccc(Cc2c(OC3OC(COC(=O)OC)C(O)C(O)C3O)nn(C3CCC3)c2C(F)(F)F)cc1. The minimum Gasteiger partial charge on any atom is -0.443 e. The highest BCUT2D eigenvalue weighted by Crippen LogP contribution is 2.44. The number of alkyl halides is 8. The molecule has 2 saturated heterocycles. The molecule has 77 heavy (non-hydrogen) atoms. The number of methoxy groups -OCH3 is 2. The average Bonchev–Trinajstić information content (AvgIpc) is 3.98. The van der Waals surface area contributed by atoms with Crippen molar-refractivity contribution in [2.75, 3.05) is 40.8 Å². The van der Waals surface area contributed by atoms with E-state index in [0.717, 1.165) is 42.9 Å². The fourth-order valence-electron chi connectivity index (χ4n) is 8.47. The number of carbonyl (C=O) groups excluding carboxylic acids is 2. The summed E-state index contributed by atoms with van der Waals surface area (Å²) in [4.78, 5) is 22.6. The number of nitrogens with zero attached hydrogens (tertiary/aromatic N) is 4. The number of aliphatic hydroxyl groups excluding tert-OH is 6. The highest BCUT2D eigenvalue weighted by molar-refractivity contribution is 5.59. The van der Waals surface area contributed by atoms with Crippen LogP contribution in [0.4, 0.5) is 44.7 Å². The Hall–Kier alpha value is -5.88. The molecule has 0 amide bonds. The topological polar surface area (TPSA) is 265 Å². The number of rotatable bonds is 18. The molecule has 0 radical (unpaired) electrons. The van der Waals surface area contributed by atoms with Crippen molar-refractivity contribution in [2.24, 2.45) is 0 Å². The normalized spacial score (nSPS) is 24.8. The number of aromatic nitrogens is 4. The predicted octanol–water partition coefficient (Wildman–Crippen LogP) is 5.25. The van der Waals surface area contributed by atoms with E-state index in [1.165, 1.54) is 0 Å². The lowest BCUT2D eigenvalue weighted by atomic mass is 9.93. The van der Waals surface area contributed by atoms with Gasteiger partial charge in [0.25, 0.3) is 0 Å². The number of aryl methyl sites for hydroxylation is 2. The smallest absolute Gasteiger partial charge is 0.443 e. The van der Waals surface area contributed by atoms with Crippen LogP contribution in [0.3, 0.4) is 0 Å². The Labute approximate surface area is 434 Å². The Bertz CT molecular complexity index is 2540. The van der Waals surface area contributed by atoms with Crippen LogP contribution in [-0.2, 0) is 66.5 Å². The summed E-state index contributed by atoms with van der Waals surface area (Å²) in [6.45, 7) is -0.404. The van der Waals surface area contributed by atoms with E-state index < -0.39 is 160 Å². The quantitative estimate of drug-likeness (QED) is 0.0549. The van der Waals surface area contributed by atoms with Crippen molar-refractivity contribution in [3.8, 4) is 11.8 Å². The molecule has 1 aliphatic carbocycles. The highest BCUT2D eigenvalue weighted by atomic mass is 19.4. The Kier molecular flexibility index (Phi) is 20.5. The van der Waals surface area contributed by atoms with Gasteiger partial charge in [-0.2, -0.15) is 26.3 Å². The van der Waals surface area contributed by atoms with Crippen LogP contribution < -0.4 is 9.47 Å². The van der Waals surface area contributed by atoms with Gasteiger partial charge in [0, 0.05) is 12.8 Å². The van der Waals surface area contributed by atoms with Crippen LogP contribution in [0, 0.1) is 0 Å². The van der Waals surface area contributed by atoms with Crippen LogP contribution in [0.1, 0.15) is 90.0 Å². The number of hydrogen-bond donors (Lipinski definition) is 6. The van der Waals surface area contributed by atoms with E-state index in [1.807, 2.05) is 26.0 Å². The fraction of sp³-hybridized carbons (Fsp3) is 0.592. The van der Waals surface area contributed by atoms with Gasteiger partial charge in [0.15, 0.2) is 5.69 Å². The van der Waals surface area contributed by atoms with Crippen molar-refractivity contribution >= 4 is 12.3 Å². The molecule has 4 aromatic rings. The largest absolute Gasteiger partial charge is 0.508 e. The van der Waals surface area contributed by atoms with Gasteiger partial charge in [-0.15, -0.1) is 10.2 Å². The molecule has 2 aromatic heterocycles. The second-order valence-corrected chi connectivity index (χ2v) is 18.2. The molecule has 6 N–H and O–H groups in total. The van der Waals surface area contributed by atoms with Gasteiger partial charge in [0.05, 0.1) is 31.4 Å². The van der Waals surface area contributed by atoms with E-state index in [2.05, 4.69) is 24.4 Å². The van der Waals surface area contributed by atoms with Crippen molar-refractivity contribution in [1.29, 1.82) is 0 Å². The van der Waals surface area contributed by atoms with E-state index in [4.69, 9.17) is 23.7 Å². The van der Waals surface area contributed by atoms with Crippen molar-refractivity contribution in [1.82, 2.24) is 19.6 Å². The third-order valence-electron chi connectivity index (χ3n) is 13.1. The molecule has 2 aromatic carbocycles. The van der Waals surface area contributed by atoms with Crippen LogP contribution in [0.25, 0.3) is 0 Å². The molecule has 10 atom stereocenters. The zero-order valence-electron chi connectivity index (χ0n) is 41.9. The summed E-state index contributed by atoms with van der Waals surface area (Å²) in [7, 11) is 2.08. The third kappa shape index (κ3) is 14.4. The molecule has 28 heteroatoms. The summed E-state index contributed by atoms with van der Waals surface area (Å²) in [6, 6.07) is 11.3. The summed E-state index contributed by atoms with van der Waals surface area (Å²) in [6.07, 6.45) is -27.0. The van der Waals surface area contributed by atoms with Gasteiger partial charge < -0.3 is 68.5 Å². The van der Waals surface area contributed by atoms with Gasteiger partial charge in [0.2, 0.25) is 24.3 Å². The van der Waals surface area contributed by atoms with Crippen molar-refractivity contribution in [3.63, 3.8) is 0 Å². The van der Waals surface area contributed by atoms with E-state index in [0.29, 0.717) is 30.4 Å². The van der Waals surface area contributed by atoms with E-state index in [1.54, 1.807) is 36.4 Å². The summed E-state index contributed by atoms with van der Waals surface area (Å²) < 4.78 is 154. The molecule has 0 spiro atoms. The zero-order valence-corrected chi connectivity index (χ0v) is 41.9. The molecule has 1 saturated carbocycles. The van der Waals surface area contributed by atoms with Crippen LogP contribution in [0.5, 0.6) is 11.8 Å². The maximum Gasteiger partial charge on any atom is 0.508 e. The summed E-state index contributed by atoms with van der Waals surface area (Å²) in [5.74, 6) is -1.18. The molecule has 20 nitrogen and oxygen atoms in total. The molecule has 7 rings (SSSR count). The average molecular weight is 1110 g/mol. The molecule has 10 unspecified atom stereocenters. The minimum absolute atomic E-state index is 0.142. The number of ether oxygens (including phenoxy) is 8. The molecule has 3 aliphatic rings. The lowest BCUT2D eigenvalue weighted by Gasteiger charge is -2.39. The first-order valence-corrected chi connectivity index (χ1v) is 24.3. The molecule has 0 bridgehead atoms. The second kappa shape index (κ2) is 26.2. The summed E-state index contributed by atoms with van der Waals surface area (Å²) >= 11 is 0. The van der Waals surface area contributed by atoms with Crippen LogP contribution in [0.15, 0.2) is 48.5 Å². The second-order valence-electron chi connectivity index (χ2n) is 18.2. The maximum absolute atomic E-state index is 14.4. The number of hydrogen-bond acceptors (Lipinski definition) is 18. The predicted molar refractivity (Wildman–Crippen MR) is 247 cm³/mol. The van der Waals surface area contributed by atoms with Gasteiger partial charge in [0.1, 0.15) is 87.1 Å². The minimum atomic E-state index is -5.12. The Balaban J connectivity index is 0.000000250. The molecular formula is C49H60F8N4O16. The third-order valence-corrected chi connectivity index (χ3v) is 13.1. The first kappa shape index (κ1) is 60.4. The number of carbonyl (C=O) groups is 2. The molecule has 3 fully saturated rings. The Morgan fingerprint density at radius 2 is 1.00 bits per heavy atom. The van der Waals surface area contributed by atoms with Crippen LogP contribution in [-0.4, -0.2) is 165 Å². The first-order chi connectivity index (χ1) is 36.5. The molecule has 4 heterocycles. The highest BCUT2D eigenvalue weighted by Gasteiger charge is 2.50. The molecule has 428 valence electrons. The van der Waals surface area contributed by atoms with Crippen LogP contribution >= 0.6 is 0 Å². The van der Waals surface area contributed by atoms with Gasteiger partial charge in [-0.05, 0) is 54.4 Å². The summed E-state index contributed by atoms with van der Waals surface area (Å²) in [5.41, 5.74) is -0.326. The van der Waals surface area contributed by atoms with Gasteiger partial charge in [-0.25, -0.2) is 23.1 Å². The number of halogens is 8. The standard InChI is InChI=1S/C25H31F3N2O8.C24H29F5N2O8/c1-3-13-7-9-14(10-8-13)11-16-21(25(26,27)28)30(15-5-4-6-15)29-22(16)38-23-20(33)19(32)18(31)17(37-23)12-36-24(34)35-2;1-3-12-4-6-13(7-5-12)8-15-20(24(27,28)29)31(14(9-25)10-26)30-21(15)39-22-19(34)18(33)17(32)16(38-22)11-37-23(35)36-2/h7-10,15,17-20,23,31-33H,3-6,11-12H2,1-2H3;4-7,14,16-19,22,32-34H,3,8-11H2,1-2H3. The van der Waals surface area contributed by atoms with E-state index >= 15 is 0 Å². The van der Waals surface area contributed by atoms with E-state index in [-0.39, 0.29) is 16.7 Å². The van der Waals surface area contributed by atoms with Crippen molar-refractivity contribution in [2.45, 2.75) is 145 Å². The Morgan fingerprint density at radius 1 is 0.610 bits per heavy atom. The van der Waals surface area contributed by atoms with E-state index in [9.17, 15) is 75.4 Å². The fourth-order valence-corrected chi connectivity index (χ4v) is 8.47. The van der Waals surface area contributed by atoms with Gasteiger partial charge in [-0.3, -0.25) is 4.68 Å². The number of aliphatic hydroxyl groups is 6. The van der Waals surface area contributed by atoms with Crippen molar-refractivity contribution < 1.29 is 113 Å². The van der Waals surface area contributed by atoms with Gasteiger partial charge >= 0.3 is 24.7 Å². The lowest BCUT2D eigenvalue weighted by molar-refractivity contribution is -0.278. The molecular weight excluding hydrogens is 1050 g/mol. The first-order valence-electron chi connectivity index (χ1n) is 24.3. The Morgan fingerprint density at radius 3 is 1.35 bits per heavy atom. The number of benzene rings is 2. The lowest BCUT2D eigenvalue weighted by Crippen LogP contribution is -2.60. The molecule has 2 aliphatic heterocycles. The summed E-state index contributed by atoms with van der Waals surface area (Å²) in [5, 5.41) is 69.8. The van der Waals surface area contributed by atoms with Crippen molar-refractivity contribution in [3.05, 3.63) is 93.3 Å². The van der Waals surface area contributed by atoms with Crippen LogP contribution in [0.2, 0.25) is 0 Å². The monoisotopic (exact) mass is 1110 g/mol. The maximum atomic E-state index is 14.4. The van der Waals surface area contributed by atoms with Gasteiger partial charge in [-0.1, -0.05) is 62.4 Å². The zero-order chi connectivity index (χ0) is 56.5.